The largest absolute Gasteiger partial charge is 2.00 e. The Hall–Kier alpha value is -4.42. The van der Waals surface area contributed by atoms with Crippen LogP contribution in [0.25, 0.3) is 33.6 Å². The van der Waals surface area contributed by atoms with Crippen LogP contribution < -0.4 is 9.47 Å². The molecule has 0 aromatic carbocycles. The van der Waals surface area contributed by atoms with Crippen molar-refractivity contribution in [3.63, 3.8) is 0 Å². The number of carboxylic acids is 2. The molecule has 0 unspecified atom stereocenters. The van der Waals surface area contributed by atoms with Crippen LogP contribution in [-0.2, 0) is 19.5 Å². The van der Waals surface area contributed by atoms with Crippen LogP contribution in [0, 0.1) is 0 Å². The van der Waals surface area contributed by atoms with E-state index in [1.165, 1.54) is 106 Å². The van der Waals surface area contributed by atoms with Crippen LogP contribution in [0.5, 0.6) is 11.5 Å². The summed E-state index contributed by atoms with van der Waals surface area (Å²) in [4.78, 5) is 38.5. The first-order valence-corrected chi connectivity index (χ1v) is 18.8. The van der Waals surface area contributed by atoms with E-state index in [-0.39, 0.29) is 30.6 Å². The summed E-state index contributed by atoms with van der Waals surface area (Å²) in [5.74, 6) is -0.441. The molecule has 0 spiro atoms. The van der Waals surface area contributed by atoms with E-state index < -0.39 is 11.9 Å². The molecule has 4 aromatic heterocycles. The van der Waals surface area contributed by atoms with E-state index in [4.69, 9.17) is 30.5 Å². The SMILES string of the molecule is CCCCCCCCOc1ccnc(-c2cc(OCCCCCCCC)ccn2)c1.O=C(O)c1ccnc(-c2cc(C(=O)O)ccn2)c1.[N-]=C=S.[N-]=CS.[Ru+2]. The Bertz CT molecular complexity index is 1600. The number of thiol groups is 1. The number of hydrogen-bond donors (Lipinski definition) is 3. The molecule has 0 aliphatic carbocycles. The number of carboxylic acid groups (broad SMARTS) is 2. The standard InChI is InChI=1S/C26H40N2O2.C12H8N2O4.CH2NS.CNS.Ru/c1-3-5-7-9-11-13-19-29-23-15-17-27-25(21-23)26-22-24(16-18-28-26)30-20-14-12-10-8-6-4-2;15-11(16)7-1-3-13-9(5-7)10-6-8(12(17)18)2-4-14-10;2*2-1-3;/h15-18,21-22H,3-14,19-20H2,1-2H3;1-6H,(H,15,16)(H,17,18);1H,(H-,2,3);;/q;;2*-1;+2. The van der Waals surface area contributed by atoms with Crippen molar-refractivity contribution in [2.24, 2.45) is 0 Å². The maximum Gasteiger partial charge on any atom is 2.00 e. The van der Waals surface area contributed by atoms with Crippen LogP contribution in [-0.4, -0.2) is 66.0 Å². The van der Waals surface area contributed by atoms with Crippen molar-refractivity contribution in [3.8, 4) is 34.3 Å². The van der Waals surface area contributed by atoms with Gasteiger partial charge in [0.25, 0.3) is 0 Å². The van der Waals surface area contributed by atoms with E-state index in [0.29, 0.717) is 16.9 Å². The van der Waals surface area contributed by atoms with Crippen LogP contribution in [0.1, 0.15) is 112 Å². The van der Waals surface area contributed by atoms with Crippen LogP contribution in [0.4, 0.5) is 0 Å². The first-order valence-electron chi connectivity index (χ1n) is 17.9. The van der Waals surface area contributed by atoms with Gasteiger partial charge in [0.05, 0.1) is 47.1 Å². The van der Waals surface area contributed by atoms with E-state index in [1.54, 1.807) is 12.4 Å². The van der Waals surface area contributed by atoms with E-state index in [9.17, 15) is 9.59 Å². The fourth-order valence-electron chi connectivity index (χ4n) is 4.83. The van der Waals surface area contributed by atoms with Gasteiger partial charge in [0, 0.05) is 36.9 Å². The molecule has 0 aliphatic heterocycles. The molecule has 0 amide bonds. The molecule has 0 saturated heterocycles. The van der Waals surface area contributed by atoms with Gasteiger partial charge in [0.2, 0.25) is 0 Å². The smallest absolute Gasteiger partial charge is 0.805 e. The average molecular weight is 876 g/mol. The number of aromatic nitrogens is 4. The van der Waals surface area contributed by atoms with Gasteiger partial charge in [-0.1, -0.05) is 90.3 Å². The number of ether oxygens (including phenoxy) is 2. The monoisotopic (exact) mass is 876 g/mol. The zero-order valence-electron chi connectivity index (χ0n) is 31.3. The number of carbonyl (C=O) groups is 2. The van der Waals surface area contributed by atoms with Gasteiger partial charge in [-0.2, -0.15) is 23.3 Å². The summed E-state index contributed by atoms with van der Waals surface area (Å²) in [6.07, 6.45) is 21.4. The number of hydrogen-bond acceptors (Lipinski definition) is 9. The minimum Gasteiger partial charge on any atom is -0.805 e. The molecule has 0 bridgehead atoms. The number of nitrogens with zero attached hydrogens (tertiary/aromatic N) is 6. The number of thiocarbonyl (C=S) groups is 1. The molecule has 0 radical (unpaired) electrons. The predicted molar refractivity (Wildman–Crippen MR) is 221 cm³/mol. The predicted octanol–water partition coefficient (Wildman–Crippen LogP) is 10.3. The molecule has 15 heteroatoms. The number of isothiocyanates is 1. The number of aromatic carboxylic acids is 2. The molecule has 0 atom stereocenters. The molecule has 4 rings (SSSR count). The maximum absolute atomic E-state index is 10.8. The van der Waals surface area contributed by atoms with Crippen molar-refractivity contribution in [1.29, 1.82) is 0 Å². The number of unbranched alkanes of at least 4 members (excludes halogenated alkanes) is 10. The van der Waals surface area contributed by atoms with Crippen molar-refractivity contribution >= 4 is 47.5 Å². The molecule has 0 fully saturated rings. The third-order valence-corrected chi connectivity index (χ3v) is 7.53. The molecular formula is C40H50N6O6RuS2. The third kappa shape index (κ3) is 23.2. The Labute approximate surface area is 348 Å². The molecule has 4 aromatic rings. The normalized spacial score (nSPS) is 9.58. The number of pyridine rings is 4. The zero-order chi connectivity index (χ0) is 39.8. The van der Waals surface area contributed by atoms with Gasteiger partial charge < -0.3 is 30.5 Å². The van der Waals surface area contributed by atoms with Crippen LogP contribution in [0.2, 0.25) is 0 Å². The second-order valence-electron chi connectivity index (χ2n) is 11.7. The molecule has 12 nitrogen and oxygen atoms in total. The molecule has 4 heterocycles. The third-order valence-electron chi connectivity index (χ3n) is 7.53. The Morgan fingerprint density at radius 1 is 0.655 bits per heavy atom. The first kappa shape index (κ1) is 50.6. The van der Waals surface area contributed by atoms with Crippen LogP contribution >= 0.6 is 24.8 Å². The minimum atomic E-state index is -1.08. The second-order valence-corrected chi connectivity index (χ2v) is 12.1. The Morgan fingerprint density at radius 2 is 0.945 bits per heavy atom. The van der Waals surface area contributed by atoms with Gasteiger partial charge in [-0.15, -0.1) is 0 Å². The van der Waals surface area contributed by atoms with Gasteiger partial charge in [0.1, 0.15) is 11.5 Å². The molecule has 2 N–H and O–H groups in total. The van der Waals surface area contributed by atoms with E-state index in [0.717, 1.165) is 48.9 Å². The maximum atomic E-state index is 10.8. The summed E-state index contributed by atoms with van der Waals surface area (Å²) in [5, 5.41) is 33.5. The van der Waals surface area contributed by atoms with Crippen molar-refractivity contribution in [3.05, 3.63) is 95.3 Å². The fourth-order valence-corrected chi connectivity index (χ4v) is 4.83. The van der Waals surface area contributed by atoms with Crippen molar-refractivity contribution in [1.82, 2.24) is 19.9 Å². The van der Waals surface area contributed by atoms with E-state index in [2.05, 4.69) is 58.6 Å². The van der Waals surface area contributed by atoms with Gasteiger partial charge in [-0.3, -0.25) is 19.9 Å². The zero-order valence-corrected chi connectivity index (χ0v) is 34.8. The van der Waals surface area contributed by atoms with Crippen molar-refractivity contribution in [2.45, 2.75) is 90.9 Å². The van der Waals surface area contributed by atoms with Crippen molar-refractivity contribution in [2.75, 3.05) is 13.2 Å². The van der Waals surface area contributed by atoms with E-state index >= 15 is 0 Å². The van der Waals surface area contributed by atoms with Gasteiger partial charge in [-0.05, 0) is 49.2 Å². The van der Waals surface area contributed by atoms with E-state index in [1.807, 2.05) is 24.3 Å². The average Bonchev–Trinajstić information content (AvgIpc) is 3.18. The van der Waals surface area contributed by atoms with Gasteiger partial charge in [-0.25, -0.2) is 9.59 Å². The molecule has 0 saturated carbocycles. The Balaban J connectivity index is 0.000000988. The molecule has 296 valence electrons. The summed E-state index contributed by atoms with van der Waals surface area (Å²) in [6, 6.07) is 13.2. The molecular weight excluding hydrogens is 826 g/mol. The van der Waals surface area contributed by atoms with Crippen molar-refractivity contribution < 1.29 is 48.8 Å². The summed E-state index contributed by atoms with van der Waals surface area (Å²) in [7, 11) is 0. The first-order chi connectivity index (χ1) is 26.2. The minimum absolute atomic E-state index is 0. The summed E-state index contributed by atoms with van der Waals surface area (Å²) in [6.45, 7) is 6.00. The summed E-state index contributed by atoms with van der Waals surface area (Å²) >= 11 is 6.92. The van der Waals surface area contributed by atoms with Gasteiger partial charge >= 0.3 is 31.4 Å². The topological polar surface area (TPSA) is 189 Å². The van der Waals surface area contributed by atoms with Crippen LogP contribution in [0.3, 0.4) is 0 Å². The van der Waals surface area contributed by atoms with Gasteiger partial charge in [0.15, 0.2) is 0 Å². The summed E-state index contributed by atoms with van der Waals surface area (Å²) in [5.41, 5.74) is 3.11. The quantitative estimate of drug-likeness (QED) is 0.0191. The fraction of sp³-hybridized carbons (Fsp3) is 0.400. The number of rotatable bonds is 20. The Kier molecular flexibility index (Phi) is 30.3. The Morgan fingerprint density at radius 3 is 1.27 bits per heavy atom. The molecule has 0 aliphatic rings. The van der Waals surface area contributed by atoms with Crippen LogP contribution in [0.15, 0.2) is 73.3 Å². The molecule has 55 heavy (non-hydrogen) atoms. The summed E-state index contributed by atoms with van der Waals surface area (Å²) < 4.78 is 11.9. The second kappa shape index (κ2) is 33.0.